The molecule has 0 atom stereocenters. The first kappa shape index (κ1) is 17.7. The molecule has 0 saturated carbocycles. The lowest BCUT2D eigenvalue weighted by Gasteiger charge is -2.19. The van der Waals surface area contributed by atoms with Crippen LogP contribution in [0.25, 0.3) is 21.9 Å². The van der Waals surface area contributed by atoms with Crippen molar-refractivity contribution in [2.75, 3.05) is 0 Å². The fourth-order valence-electron chi connectivity index (χ4n) is 3.67. The van der Waals surface area contributed by atoms with E-state index in [2.05, 4.69) is 50.2 Å². The van der Waals surface area contributed by atoms with Gasteiger partial charge in [0.05, 0.1) is 0 Å². The van der Waals surface area contributed by atoms with Gasteiger partial charge in [0.1, 0.15) is 5.82 Å². The zero-order chi connectivity index (χ0) is 17.6. The molecule has 0 unspecified atom stereocenters. The highest BCUT2D eigenvalue weighted by atomic mass is 19.1. The molecule has 0 nitrogen and oxygen atoms in total. The van der Waals surface area contributed by atoms with E-state index in [1.807, 2.05) is 6.07 Å². The summed E-state index contributed by atoms with van der Waals surface area (Å²) in [7, 11) is 0. The lowest BCUT2D eigenvalue weighted by atomic mass is 9.85. The second-order valence-electron chi connectivity index (χ2n) is 6.83. The van der Waals surface area contributed by atoms with Gasteiger partial charge in [-0.1, -0.05) is 69.2 Å². The number of halogens is 1. The van der Waals surface area contributed by atoms with Crippen molar-refractivity contribution in [1.82, 2.24) is 0 Å². The van der Waals surface area contributed by atoms with Crippen LogP contribution in [-0.2, 0) is 12.8 Å². The quantitative estimate of drug-likeness (QED) is 0.424. The highest BCUT2D eigenvalue weighted by molar-refractivity contribution is 5.93. The number of hydrogen-bond donors (Lipinski definition) is 0. The first-order chi connectivity index (χ1) is 12.2. The van der Waals surface area contributed by atoms with E-state index >= 15 is 0 Å². The maximum Gasteiger partial charge on any atom is 0.123 e. The molecular formula is C24H27F. The second-order valence-corrected chi connectivity index (χ2v) is 6.83. The molecule has 0 aliphatic rings. The second kappa shape index (κ2) is 8.29. The standard InChI is InChI=1S/C24H27F/c1-3-5-10-19-16-18-11-7-8-15-22(18)23(14-6-4-2)24(19)20-12-9-13-21(25)17-20/h7-9,11-13,15-17H,3-6,10,14H2,1-2H3. The molecule has 0 radical (unpaired) electrons. The molecule has 25 heavy (non-hydrogen) atoms. The lowest BCUT2D eigenvalue weighted by Crippen LogP contribution is -1.99. The highest BCUT2D eigenvalue weighted by Gasteiger charge is 2.15. The van der Waals surface area contributed by atoms with Gasteiger partial charge in [0, 0.05) is 0 Å². The van der Waals surface area contributed by atoms with E-state index in [4.69, 9.17) is 0 Å². The largest absolute Gasteiger partial charge is 0.207 e. The molecule has 0 amide bonds. The van der Waals surface area contributed by atoms with Crippen LogP contribution in [0.3, 0.4) is 0 Å². The predicted molar refractivity (Wildman–Crippen MR) is 107 cm³/mol. The number of unbranched alkanes of at least 4 members (excludes halogenated alkanes) is 2. The molecule has 3 aromatic rings. The van der Waals surface area contributed by atoms with Crippen LogP contribution in [0.5, 0.6) is 0 Å². The van der Waals surface area contributed by atoms with Crippen molar-refractivity contribution in [3.8, 4) is 11.1 Å². The monoisotopic (exact) mass is 334 g/mol. The van der Waals surface area contributed by atoms with Gasteiger partial charge in [-0.05, 0) is 70.8 Å². The summed E-state index contributed by atoms with van der Waals surface area (Å²) < 4.78 is 13.9. The number of benzene rings is 3. The molecule has 0 N–H and O–H groups in total. The van der Waals surface area contributed by atoms with Gasteiger partial charge in [-0.3, -0.25) is 0 Å². The van der Waals surface area contributed by atoms with Gasteiger partial charge in [-0.25, -0.2) is 4.39 Å². The Morgan fingerprint density at radius 2 is 1.56 bits per heavy atom. The molecule has 0 aliphatic heterocycles. The average molecular weight is 334 g/mol. The molecule has 0 saturated heterocycles. The van der Waals surface area contributed by atoms with Crippen molar-refractivity contribution in [1.29, 1.82) is 0 Å². The fraction of sp³-hybridized carbons (Fsp3) is 0.333. The van der Waals surface area contributed by atoms with Crippen LogP contribution in [0, 0.1) is 5.82 Å². The molecule has 0 aromatic heterocycles. The Bertz CT molecular complexity index is 848. The molecular weight excluding hydrogens is 307 g/mol. The van der Waals surface area contributed by atoms with E-state index in [1.165, 1.54) is 39.9 Å². The van der Waals surface area contributed by atoms with Crippen molar-refractivity contribution in [2.24, 2.45) is 0 Å². The van der Waals surface area contributed by atoms with Gasteiger partial charge in [-0.15, -0.1) is 0 Å². The van der Waals surface area contributed by atoms with Crippen LogP contribution < -0.4 is 0 Å². The Balaban J connectivity index is 2.27. The van der Waals surface area contributed by atoms with Crippen molar-refractivity contribution >= 4 is 10.8 Å². The van der Waals surface area contributed by atoms with Crippen molar-refractivity contribution in [3.05, 3.63) is 71.5 Å². The van der Waals surface area contributed by atoms with Crippen molar-refractivity contribution in [3.63, 3.8) is 0 Å². The molecule has 0 spiro atoms. The molecule has 0 aliphatic carbocycles. The fourth-order valence-corrected chi connectivity index (χ4v) is 3.67. The van der Waals surface area contributed by atoms with E-state index in [-0.39, 0.29) is 5.82 Å². The van der Waals surface area contributed by atoms with Gasteiger partial charge in [0.25, 0.3) is 0 Å². The summed E-state index contributed by atoms with van der Waals surface area (Å²) in [5.74, 6) is -0.159. The highest BCUT2D eigenvalue weighted by Crippen LogP contribution is 2.36. The van der Waals surface area contributed by atoms with Crippen LogP contribution >= 0.6 is 0 Å². The lowest BCUT2D eigenvalue weighted by molar-refractivity contribution is 0.628. The van der Waals surface area contributed by atoms with E-state index in [0.29, 0.717) is 0 Å². The molecule has 3 aromatic carbocycles. The summed E-state index contributed by atoms with van der Waals surface area (Å²) in [6.45, 7) is 4.45. The molecule has 0 fully saturated rings. The van der Waals surface area contributed by atoms with E-state index in [9.17, 15) is 4.39 Å². The van der Waals surface area contributed by atoms with Gasteiger partial charge >= 0.3 is 0 Å². The smallest absolute Gasteiger partial charge is 0.123 e. The average Bonchev–Trinajstić information content (AvgIpc) is 2.63. The summed E-state index contributed by atoms with van der Waals surface area (Å²) in [5.41, 5.74) is 5.02. The number of fused-ring (bicyclic) bond motifs is 1. The maximum atomic E-state index is 13.9. The topological polar surface area (TPSA) is 0 Å². The molecule has 3 rings (SSSR count). The van der Waals surface area contributed by atoms with Gasteiger partial charge < -0.3 is 0 Å². The third-order valence-electron chi connectivity index (χ3n) is 4.93. The minimum absolute atomic E-state index is 0.159. The normalized spacial score (nSPS) is 11.2. The number of rotatable bonds is 7. The van der Waals surface area contributed by atoms with Gasteiger partial charge in [-0.2, -0.15) is 0 Å². The Kier molecular flexibility index (Phi) is 5.86. The summed E-state index contributed by atoms with van der Waals surface area (Å²) in [6.07, 6.45) is 6.74. The van der Waals surface area contributed by atoms with Crippen LogP contribution in [0.15, 0.2) is 54.6 Å². The molecule has 130 valence electrons. The zero-order valence-electron chi connectivity index (χ0n) is 15.3. The Hall–Kier alpha value is -2.15. The maximum absolute atomic E-state index is 13.9. The number of aryl methyl sites for hydroxylation is 2. The third kappa shape index (κ3) is 3.92. The Labute approximate surface area is 150 Å². The molecule has 1 heteroatoms. The predicted octanol–water partition coefficient (Wildman–Crippen LogP) is 7.33. The summed E-state index contributed by atoms with van der Waals surface area (Å²) in [6, 6.07) is 18.1. The van der Waals surface area contributed by atoms with Gasteiger partial charge in [0.15, 0.2) is 0 Å². The summed E-state index contributed by atoms with van der Waals surface area (Å²) in [4.78, 5) is 0. The number of hydrogen-bond acceptors (Lipinski definition) is 0. The SMILES string of the molecule is CCCCc1cc2ccccc2c(CCCC)c1-c1cccc(F)c1. The van der Waals surface area contributed by atoms with Crippen LogP contribution in [0.2, 0.25) is 0 Å². The van der Waals surface area contributed by atoms with Crippen molar-refractivity contribution in [2.45, 2.75) is 52.4 Å². The van der Waals surface area contributed by atoms with E-state index in [0.717, 1.165) is 37.7 Å². The molecule has 0 bridgehead atoms. The van der Waals surface area contributed by atoms with Crippen molar-refractivity contribution < 1.29 is 4.39 Å². The van der Waals surface area contributed by atoms with Crippen LogP contribution in [0.1, 0.15) is 50.7 Å². The van der Waals surface area contributed by atoms with E-state index < -0.39 is 0 Å². The Morgan fingerprint density at radius 1 is 0.800 bits per heavy atom. The van der Waals surface area contributed by atoms with Crippen LogP contribution in [-0.4, -0.2) is 0 Å². The first-order valence-electron chi connectivity index (χ1n) is 9.54. The summed E-state index contributed by atoms with van der Waals surface area (Å²) in [5, 5.41) is 2.62. The molecule has 0 heterocycles. The zero-order valence-corrected chi connectivity index (χ0v) is 15.3. The minimum Gasteiger partial charge on any atom is -0.207 e. The van der Waals surface area contributed by atoms with Crippen LogP contribution in [0.4, 0.5) is 4.39 Å². The summed E-state index contributed by atoms with van der Waals surface area (Å²) >= 11 is 0. The van der Waals surface area contributed by atoms with E-state index in [1.54, 1.807) is 6.07 Å². The first-order valence-corrected chi connectivity index (χ1v) is 9.54. The Morgan fingerprint density at radius 3 is 2.32 bits per heavy atom. The van der Waals surface area contributed by atoms with Gasteiger partial charge in [0.2, 0.25) is 0 Å². The minimum atomic E-state index is -0.159. The third-order valence-corrected chi connectivity index (χ3v) is 4.93.